The molecule has 2 aromatic carbocycles. The zero-order valence-corrected chi connectivity index (χ0v) is 15.5. The van der Waals surface area contributed by atoms with Crippen LogP contribution in [-0.4, -0.2) is 39.7 Å². The fourth-order valence-corrected chi connectivity index (χ4v) is 2.93. The number of amides is 1. The van der Waals surface area contributed by atoms with Crippen molar-refractivity contribution in [2.24, 2.45) is 0 Å². The third kappa shape index (κ3) is 3.88. The van der Waals surface area contributed by atoms with Crippen molar-refractivity contribution in [1.29, 1.82) is 0 Å². The predicted octanol–water partition coefficient (Wildman–Crippen LogP) is 3.31. The molecule has 25 heavy (non-hydrogen) atoms. The average molecular weight is 401 g/mol. The molecule has 0 fully saturated rings. The van der Waals surface area contributed by atoms with Crippen LogP contribution in [0.15, 0.2) is 59.6 Å². The first kappa shape index (κ1) is 17.2. The van der Waals surface area contributed by atoms with Gasteiger partial charge in [-0.15, -0.1) is 0 Å². The maximum Gasteiger partial charge on any atom is 0.253 e. The number of nitrogens with zero attached hydrogens (tertiary/aromatic N) is 4. The molecule has 0 spiro atoms. The third-order valence-electron chi connectivity index (χ3n) is 3.79. The van der Waals surface area contributed by atoms with Crippen LogP contribution in [0.5, 0.6) is 5.75 Å². The van der Waals surface area contributed by atoms with Crippen LogP contribution in [0.2, 0.25) is 0 Å². The highest BCUT2D eigenvalue weighted by Crippen LogP contribution is 2.24. The first-order valence-corrected chi connectivity index (χ1v) is 8.40. The van der Waals surface area contributed by atoms with Gasteiger partial charge in [-0.3, -0.25) is 4.79 Å². The molecular weight excluding hydrogens is 384 g/mol. The molecule has 1 heterocycles. The minimum atomic E-state index is -0.0628. The van der Waals surface area contributed by atoms with Crippen LogP contribution in [0, 0.1) is 0 Å². The summed E-state index contributed by atoms with van der Waals surface area (Å²) >= 11 is 3.45. The Hall–Kier alpha value is -2.67. The van der Waals surface area contributed by atoms with Crippen molar-refractivity contribution >= 4 is 21.8 Å². The van der Waals surface area contributed by atoms with Gasteiger partial charge in [0.25, 0.3) is 5.91 Å². The Labute approximate surface area is 154 Å². The Morgan fingerprint density at radius 2 is 2.00 bits per heavy atom. The number of hydrogen-bond acceptors (Lipinski definition) is 4. The quantitative estimate of drug-likeness (QED) is 0.658. The smallest absolute Gasteiger partial charge is 0.253 e. The van der Waals surface area contributed by atoms with Crippen molar-refractivity contribution in [3.8, 4) is 11.4 Å². The summed E-state index contributed by atoms with van der Waals surface area (Å²) in [5.74, 6) is 0.691. The summed E-state index contributed by atoms with van der Waals surface area (Å²) in [5, 5.41) is 4.07. The Bertz CT molecular complexity index is 863. The molecule has 0 bridgehead atoms. The van der Waals surface area contributed by atoms with Gasteiger partial charge in [0.15, 0.2) is 0 Å². The fourth-order valence-electron chi connectivity index (χ4n) is 2.52. The van der Waals surface area contributed by atoms with Crippen LogP contribution >= 0.6 is 15.9 Å². The van der Waals surface area contributed by atoms with Crippen molar-refractivity contribution in [2.45, 2.75) is 6.54 Å². The van der Waals surface area contributed by atoms with Gasteiger partial charge in [-0.1, -0.05) is 15.9 Å². The second-order valence-corrected chi connectivity index (χ2v) is 6.42. The Kier molecular flexibility index (Phi) is 5.14. The highest BCUT2D eigenvalue weighted by Gasteiger charge is 2.14. The van der Waals surface area contributed by atoms with E-state index in [1.54, 1.807) is 42.2 Å². The zero-order chi connectivity index (χ0) is 17.8. The molecule has 6 nitrogen and oxygen atoms in total. The van der Waals surface area contributed by atoms with Gasteiger partial charge in [-0.05, 0) is 42.5 Å². The molecule has 3 aromatic rings. The summed E-state index contributed by atoms with van der Waals surface area (Å²) in [7, 11) is 3.39. The molecule has 0 aliphatic heterocycles. The Morgan fingerprint density at radius 1 is 1.24 bits per heavy atom. The molecule has 0 radical (unpaired) electrons. The first-order valence-electron chi connectivity index (χ1n) is 7.61. The fraction of sp³-hybridized carbons (Fsp3) is 0.167. The standard InChI is InChI=1S/C18H17BrN4O2/c1-22(10-14-9-15(19)5-8-17(14)25-2)18(24)13-3-6-16(7-4-13)23-12-20-11-21-23/h3-9,11-12H,10H2,1-2H3. The Morgan fingerprint density at radius 3 is 2.64 bits per heavy atom. The number of carbonyl (C=O) groups excluding carboxylic acids is 1. The molecule has 0 unspecified atom stereocenters. The monoisotopic (exact) mass is 400 g/mol. The number of methoxy groups -OCH3 is 1. The lowest BCUT2D eigenvalue weighted by molar-refractivity contribution is 0.0784. The van der Waals surface area contributed by atoms with Crippen LogP contribution in [0.1, 0.15) is 15.9 Å². The van der Waals surface area contributed by atoms with Crippen LogP contribution in [0.4, 0.5) is 0 Å². The maximum absolute atomic E-state index is 12.7. The van der Waals surface area contributed by atoms with E-state index < -0.39 is 0 Å². The SMILES string of the molecule is COc1ccc(Br)cc1CN(C)C(=O)c1ccc(-n2cncn2)cc1. The number of hydrogen-bond donors (Lipinski definition) is 0. The third-order valence-corrected chi connectivity index (χ3v) is 4.29. The zero-order valence-electron chi connectivity index (χ0n) is 13.9. The molecule has 0 saturated carbocycles. The van der Waals surface area contributed by atoms with E-state index in [9.17, 15) is 4.79 Å². The predicted molar refractivity (Wildman–Crippen MR) is 97.9 cm³/mol. The second kappa shape index (κ2) is 7.48. The summed E-state index contributed by atoms with van der Waals surface area (Å²) in [6, 6.07) is 13.0. The number of aromatic nitrogens is 3. The van der Waals surface area contributed by atoms with Crippen molar-refractivity contribution in [3.63, 3.8) is 0 Å². The average Bonchev–Trinajstić information content (AvgIpc) is 3.16. The highest BCUT2D eigenvalue weighted by molar-refractivity contribution is 9.10. The number of benzene rings is 2. The molecule has 0 N–H and O–H groups in total. The van der Waals surface area contributed by atoms with E-state index in [2.05, 4.69) is 26.0 Å². The largest absolute Gasteiger partial charge is 0.496 e. The van der Waals surface area contributed by atoms with Gasteiger partial charge in [0.1, 0.15) is 18.4 Å². The number of carbonyl (C=O) groups is 1. The summed E-state index contributed by atoms with van der Waals surface area (Å²) < 4.78 is 7.96. The van der Waals surface area contributed by atoms with Crippen LogP contribution < -0.4 is 4.74 Å². The molecule has 3 rings (SSSR count). The lowest BCUT2D eigenvalue weighted by atomic mass is 10.1. The molecule has 0 aliphatic rings. The van der Waals surface area contributed by atoms with E-state index in [0.29, 0.717) is 12.1 Å². The molecule has 0 aliphatic carbocycles. The van der Waals surface area contributed by atoms with Crippen molar-refractivity contribution in [1.82, 2.24) is 19.7 Å². The number of ether oxygens (including phenoxy) is 1. The van der Waals surface area contributed by atoms with Crippen molar-refractivity contribution < 1.29 is 9.53 Å². The van der Waals surface area contributed by atoms with Crippen LogP contribution in [0.3, 0.4) is 0 Å². The lowest BCUT2D eigenvalue weighted by Gasteiger charge is -2.19. The summed E-state index contributed by atoms with van der Waals surface area (Å²) in [4.78, 5) is 18.2. The van der Waals surface area contributed by atoms with E-state index in [-0.39, 0.29) is 5.91 Å². The molecular formula is C18H17BrN4O2. The van der Waals surface area contributed by atoms with Crippen LogP contribution in [0.25, 0.3) is 5.69 Å². The molecule has 128 valence electrons. The highest BCUT2D eigenvalue weighted by atomic mass is 79.9. The normalized spacial score (nSPS) is 10.5. The lowest BCUT2D eigenvalue weighted by Crippen LogP contribution is -2.26. The summed E-state index contributed by atoms with van der Waals surface area (Å²) in [6.07, 6.45) is 3.08. The van der Waals surface area contributed by atoms with E-state index in [4.69, 9.17) is 4.74 Å². The van der Waals surface area contributed by atoms with E-state index in [1.807, 2.05) is 30.3 Å². The van der Waals surface area contributed by atoms with Gasteiger partial charge in [0.05, 0.1) is 12.8 Å². The summed E-state index contributed by atoms with van der Waals surface area (Å²) in [5.41, 5.74) is 2.40. The van der Waals surface area contributed by atoms with E-state index in [1.165, 1.54) is 6.33 Å². The molecule has 1 aromatic heterocycles. The molecule has 1 amide bonds. The van der Waals surface area contributed by atoms with E-state index in [0.717, 1.165) is 21.5 Å². The van der Waals surface area contributed by atoms with Crippen molar-refractivity contribution in [3.05, 3.63) is 70.7 Å². The number of rotatable bonds is 5. The van der Waals surface area contributed by atoms with E-state index >= 15 is 0 Å². The summed E-state index contributed by atoms with van der Waals surface area (Å²) in [6.45, 7) is 0.451. The molecule has 0 atom stereocenters. The topological polar surface area (TPSA) is 60.2 Å². The minimum Gasteiger partial charge on any atom is -0.496 e. The maximum atomic E-state index is 12.7. The molecule has 7 heteroatoms. The van der Waals surface area contributed by atoms with Gasteiger partial charge >= 0.3 is 0 Å². The van der Waals surface area contributed by atoms with Crippen molar-refractivity contribution in [2.75, 3.05) is 14.2 Å². The van der Waals surface area contributed by atoms with Gasteiger partial charge in [-0.2, -0.15) is 5.10 Å². The number of halogens is 1. The molecule has 0 saturated heterocycles. The Balaban J connectivity index is 1.75. The second-order valence-electron chi connectivity index (χ2n) is 5.50. The van der Waals surface area contributed by atoms with Gasteiger partial charge < -0.3 is 9.64 Å². The van der Waals surface area contributed by atoms with Gasteiger partial charge in [0, 0.05) is 29.2 Å². The van der Waals surface area contributed by atoms with Crippen LogP contribution in [-0.2, 0) is 6.54 Å². The first-order chi connectivity index (χ1) is 12.1. The van der Waals surface area contributed by atoms with Gasteiger partial charge in [0.2, 0.25) is 0 Å². The minimum absolute atomic E-state index is 0.0628. The van der Waals surface area contributed by atoms with Gasteiger partial charge in [-0.25, -0.2) is 9.67 Å².